The molecule has 3 rings (SSSR count). The molecule has 0 aliphatic rings. The Morgan fingerprint density at radius 2 is 2.04 bits per heavy atom. The van der Waals surface area contributed by atoms with Crippen molar-refractivity contribution in [2.75, 3.05) is 5.32 Å². The first-order valence-corrected chi connectivity index (χ1v) is 7.40. The largest absolute Gasteiger partial charge is 0.405 e. The second-order valence-corrected chi connectivity index (χ2v) is 5.24. The molecule has 0 saturated heterocycles. The fourth-order valence-corrected chi connectivity index (χ4v) is 2.45. The van der Waals surface area contributed by atoms with Gasteiger partial charge in [-0.15, -0.1) is 5.10 Å². The van der Waals surface area contributed by atoms with Crippen molar-refractivity contribution >= 4 is 29.7 Å². The van der Waals surface area contributed by atoms with Crippen LogP contribution in [-0.2, 0) is 4.79 Å². The molecule has 3 aromatic rings. The molecule has 3 N–H and O–H groups in total. The van der Waals surface area contributed by atoms with E-state index in [1.54, 1.807) is 10.6 Å². The molecule has 1 aromatic carbocycles. The number of nitrogens with zero attached hydrogens (tertiary/aromatic N) is 3. The fourth-order valence-electron chi connectivity index (χ4n) is 2.45. The number of amides is 1. The summed E-state index contributed by atoms with van der Waals surface area (Å²) in [6.45, 7) is 5.23. The summed E-state index contributed by atoms with van der Waals surface area (Å²) in [4.78, 5) is 15.4. The highest BCUT2D eigenvalue weighted by Crippen LogP contribution is 2.24. The topological polar surface area (TPSA) is 85.3 Å². The van der Waals surface area contributed by atoms with E-state index in [4.69, 9.17) is 5.73 Å². The third-order valence-electron chi connectivity index (χ3n) is 3.53. The lowest BCUT2D eigenvalue weighted by Gasteiger charge is -2.06. The van der Waals surface area contributed by atoms with Crippen LogP contribution in [-0.4, -0.2) is 20.5 Å². The minimum Gasteiger partial charge on any atom is -0.405 e. The van der Waals surface area contributed by atoms with Crippen molar-refractivity contribution in [2.45, 2.75) is 6.92 Å². The summed E-state index contributed by atoms with van der Waals surface area (Å²) in [5.41, 5.74) is 10.2. The number of carbonyl (C=O) groups excluding carboxylic acids is 1. The van der Waals surface area contributed by atoms with Crippen LogP contribution in [0.1, 0.15) is 18.1 Å². The molecule has 0 radical (unpaired) electrons. The highest BCUT2D eigenvalue weighted by atomic mass is 16.1. The van der Waals surface area contributed by atoms with E-state index < -0.39 is 0 Å². The van der Waals surface area contributed by atoms with Crippen LogP contribution in [0.25, 0.3) is 28.9 Å². The Kier molecular flexibility index (Phi) is 4.11. The molecular formula is C18H17N5O. The highest BCUT2D eigenvalue weighted by molar-refractivity contribution is 5.86. The lowest BCUT2D eigenvalue weighted by molar-refractivity contribution is -0.114. The van der Waals surface area contributed by atoms with Crippen LogP contribution < -0.4 is 11.1 Å². The number of hydrogen-bond donors (Lipinski definition) is 2. The van der Waals surface area contributed by atoms with Crippen molar-refractivity contribution in [3.63, 3.8) is 0 Å². The van der Waals surface area contributed by atoms with Crippen molar-refractivity contribution < 1.29 is 4.79 Å². The summed E-state index contributed by atoms with van der Waals surface area (Å²) in [5.74, 6) is 0.0813. The molecule has 0 spiro atoms. The standard InChI is InChI=1S/C18H17N5O/c1-3-13-4-5-14(10-15(13)8-9-19)16-6-7-17-21-18(20-12(2)24)22-23(17)11-16/h3-11H,1,19H2,2H3,(H,20,22,24)/b9-8-. The zero-order chi connectivity index (χ0) is 17.1. The molecule has 6 nitrogen and oxygen atoms in total. The molecule has 0 fully saturated rings. The Morgan fingerprint density at radius 1 is 1.25 bits per heavy atom. The molecule has 6 heteroatoms. The first-order chi connectivity index (χ1) is 11.6. The molecule has 0 aliphatic heterocycles. The van der Waals surface area contributed by atoms with Gasteiger partial charge >= 0.3 is 0 Å². The molecule has 2 heterocycles. The van der Waals surface area contributed by atoms with Crippen LogP contribution in [0.5, 0.6) is 0 Å². The average Bonchev–Trinajstić information content (AvgIpc) is 2.95. The number of rotatable bonds is 4. The average molecular weight is 319 g/mol. The number of pyridine rings is 1. The summed E-state index contributed by atoms with van der Waals surface area (Å²) in [5, 5.41) is 6.83. The van der Waals surface area contributed by atoms with Gasteiger partial charge < -0.3 is 5.73 Å². The van der Waals surface area contributed by atoms with E-state index >= 15 is 0 Å². The Labute approximate surface area is 139 Å². The number of nitrogens with two attached hydrogens (primary N) is 1. The Bertz CT molecular complexity index is 955. The quantitative estimate of drug-likeness (QED) is 0.774. The summed E-state index contributed by atoms with van der Waals surface area (Å²) >= 11 is 0. The maximum Gasteiger partial charge on any atom is 0.249 e. The first-order valence-electron chi connectivity index (χ1n) is 7.40. The van der Waals surface area contributed by atoms with E-state index in [0.717, 1.165) is 22.3 Å². The van der Waals surface area contributed by atoms with Gasteiger partial charge in [0.15, 0.2) is 5.65 Å². The molecule has 120 valence electrons. The second kappa shape index (κ2) is 6.37. The van der Waals surface area contributed by atoms with Crippen molar-refractivity contribution in [3.05, 3.63) is 60.4 Å². The smallest absolute Gasteiger partial charge is 0.249 e. The normalized spacial score (nSPS) is 11.0. The minimum absolute atomic E-state index is 0.204. The lowest BCUT2D eigenvalue weighted by atomic mass is 10.00. The van der Waals surface area contributed by atoms with Crippen LogP contribution in [0.2, 0.25) is 0 Å². The number of benzene rings is 1. The molecule has 0 saturated carbocycles. The molecule has 1 amide bonds. The van der Waals surface area contributed by atoms with E-state index in [2.05, 4.69) is 22.0 Å². The summed E-state index contributed by atoms with van der Waals surface area (Å²) in [7, 11) is 0. The summed E-state index contributed by atoms with van der Waals surface area (Å²) in [6, 6.07) is 9.85. The predicted octanol–water partition coefficient (Wildman–Crippen LogP) is 2.93. The van der Waals surface area contributed by atoms with Gasteiger partial charge in [-0.25, -0.2) is 4.52 Å². The van der Waals surface area contributed by atoms with Crippen LogP contribution in [0, 0.1) is 0 Å². The van der Waals surface area contributed by atoms with Crippen molar-refractivity contribution in [1.82, 2.24) is 14.6 Å². The molecule has 2 aromatic heterocycles. The molecule has 0 unspecified atom stereocenters. The second-order valence-electron chi connectivity index (χ2n) is 5.24. The number of fused-ring (bicyclic) bond motifs is 1. The molecule has 0 aliphatic carbocycles. The zero-order valence-electron chi connectivity index (χ0n) is 13.2. The Hall–Kier alpha value is -3.41. The van der Waals surface area contributed by atoms with E-state index in [-0.39, 0.29) is 11.9 Å². The maximum absolute atomic E-state index is 11.1. The van der Waals surface area contributed by atoms with Gasteiger partial charge in [0, 0.05) is 18.7 Å². The molecule has 24 heavy (non-hydrogen) atoms. The number of hydrogen-bond acceptors (Lipinski definition) is 4. The summed E-state index contributed by atoms with van der Waals surface area (Å²) in [6.07, 6.45) is 7.00. The van der Waals surface area contributed by atoms with Gasteiger partial charge in [-0.3, -0.25) is 10.1 Å². The molecule has 0 atom stereocenters. The zero-order valence-corrected chi connectivity index (χ0v) is 13.2. The van der Waals surface area contributed by atoms with Gasteiger partial charge in [-0.1, -0.05) is 24.8 Å². The minimum atomic E-state index is -0.204. The van der Waals surface area contributed by atoms with Crippen molar-refractivity contribution in [2.24, 2.45) is 5.73 Å². The number of aromatic nitrogens is 3. The number of nitrogens with one attached hydrogen (secondary N) is 1. The highest BCUT2D eigenvalue weighted by Gasteiger charge is 2.07. The van der Waals surface area contributed by atoms with Gasteiger partial charge in [-0.2, -0.15) is 4.98 Å². The van der Waals surface area contributed by atoms with Crippen LogP contribution in [0.3, 0.4) is 0 Å². The maximum atomic E-state index is 11.1. The van der Waals surface area contributed by atoms with E-state index in [1.165, 1.54) is 13.1 Å². The monoisotopic (exact) mass is 319 g/mol. The van der Waals surface area contributed by atoms with E-state index in [1.807, 2.05) is 42.6 Å². The van der Waals surface area contributed by atoms with Crippen molar-refractivity contribution in [3.8, 4) is 11.1 Å². The van der Waals surface area contributed by atoms with Crippen molar-refractivity contribution in [1.29, 1.82) is 0 Å². The SMILES string of the molecule is C=Cc1ccc(-c2ccc3nc(NC(C)=O)nn3c2)cc1/C=C\N. The van der Waals surface area contributed by atoms with Gasteiger partial charge in [0.05, 0.1) is 0 Å². The first kappa shape index (κ1) is 15.5. The Morgan fingerprint density at radius 3 is 2.75 bits per heavy atom. The number of anilines is 1. The summed E-state index contributed by atoms with van der Waals surface area (Å²) < 4.78 is 1.64. The molecule has 0 bridgehead atoms. The van der Waals surface area contributed by atoms with Crippen LogP contribution in [0.15, 0.2) is 49.3 Å². The number of carbonyl (C=O) groups is 1. The fraction of sp³-hybridized carbons (Fsp3) is 0.0556. The lowest BCUT2D eigenvalue weighted by Crippen LogP contribution is -2.07. The van der Waals surface area contributed by atoms with Gasteiger partial charge in [0.2, 0.25) is 11.9 Å². The van der Waals surface area contributed by atoms with E-state index in [0.29, 0.717) is 5.65 Å². The molecular weight excluding hydrogens is 302 g/mol. The van der Waals surface area contributed by atoms with E-state index in [9.17, 15) is 4.79 Å². The Balaban J connectivity index is 2.04. The van der Waals surface area contributed by atoms with Gasteiger partial charge in [0.25, 0.3) is 0 Å². The van der Waals surface area contributed by atoms with Gasteiger partial charge in [-0.05, 0) is 47.2 Å². The predicted molar refractivity (Wildman–Crippen MR) is 96.0 cm³/mol. The van der Waals surface area contributed by atoms with Gasteiger partial charge in [0.1, 0.15) is 0 Å². The third kappa shape index (κ3) is 3.03. The third-order valence-corrected chi connectivity index (χ3v) is 3.53. The van der Waals surface area contributed by atoms with Crippen LogP contribution in [0.4, 0.5) is 5.95 Å². The van der Waals surface area contributed by atoms with Crippen LogP contribution >= 0.6 is 0 Å².